The Morgan fingerprint density at radius 1 is 1.26 bits per heavy atom. The molecular formula is C20H25N3O3S. The average Bonchev–Trinajstić information content (AvgIpc) is 2.89. The van der Waals surface area contributed by atoms with Crippen molar-refractivity contribution in [1.82, 2.24) is 10.2 Å². The lowest BCUT2D eigenvalue weighted by Gasteiger charge is -2.30. The molecule has 0 aromatic heterocycles. The van der Waals surface area contributed by atoms with E-state index in [0.29, 0.717) is 12.8 Å². The van der Waals surface area contributed by atoms with Gasteiger partial charge in [0, 0.05) is 23.6 Å². The second-order valence-electron chi connectivity index (χ2n) is 6.92. The number of thioether (sulfide) groups is 1. The highest BCUT2D eigenvalue weighted by Crippen LogP contribution is 2.33. The van der Waals surface area contributed by atoms with E-state index < -0.39 is 5.54 Å². The molecule has 1 saturated heterocycles. The minimum atomic E-state index is -0.736. The molecule has 2 fully saturated rings. The number of nitrogens with one attached hydrogen (secondary N) is 2. The third-order valence-electron chi connectivity index (χ3n) is 5.03. The molecule has 1 saturated carbocycles. The number of para-hydroxylation sites is 1. The predicted molar refractivity (Wildman–Crippen MR) is 107 cm³/mol. The van der Waals surface area contributed by atoms with Crippen molar-refractivity contribution >= 4 is 35.3 Å². The quantitative estimate of drug-likeness (QED) is 0.426. The van der Waals surface area contributed by atoms with Crippen molar-refractivity contribution in [3.8, 4) is 0 Å². The van der Waals surface area contributed by atoms with Gasteiger partial charge in [-0.2, -0.15) is 0 Å². The van der Waals surface area contributed by atoms with E-state index in [2.05, 4.69) is 17.2 Å². The van der Waals surface area contributed by atoms with E-state index in [1.54, 1.807) is 11.8 Å². The first-order valence-electron chi connectivity index (χ1n) is 9.32. The number of anilines is 1. The standard InChI is InChI=1S/C20H25N3O3S/c1-2-14-27-16-9-5-4-8-15(16)21-17(24)10-13-23-18(25)20(22-19(23)26)11-6-3-7-12-20/h2,4-5,8-9H,1,3,6-7,10-14H2,(H,21,24)(H,22,26). The van der Waals surface area contributed by atoms with Gasteiger partial charge in [0.15, 0.2) is 0 Å². The molecule has 3 rings (SSSR count). The molecule has 0 radical (unpaired) electrons. The summed E-state index contributed by atoms with van der Waals surface area (Å²) in [6.45, 7) is 3.80. The number of benzene rings is 1. The number of carbonyl (C=O) groups excluding carboxylic acids is 3. The van der Waals surface area contributed by atoms with Crippen LogP contribution in [-0.4, -0.2) is 40.6 Å². The lowest BCUT2D eigenvalue weighted by atomic mass is 9.82. The third-order valence-corrected chi connectivity index (χ3v) is 6.10. The van der Waals surface area contributed by atoms with Crippen molar-refractivity contribution in [2.75, 3.05) is 17.6 Å². The Balaban J connectivity index is 1.57. The second-order valence-corrected chi connectivity index (χ2v) is 7.99. The minimum Gasteiger partial charge on any atom is -0.325 e. The van der Waals surface area contributed by atoms with E-state index in [-0.39, 0.29) is 30.8 Å². The zero-order chi connectivity index (χ0) is 19.3. The fourth-order valence-electron chi connectivity index (χ4n) is 3.64. The maximum absolute atomic E-state index is 12.7. The van der Waals surface area contributed by atoms with Gasteiger partial charge in [-0.25, -0.2) is 4.79 Å². The Kier molecular flexibility index (Phi) is 6.21. The topological polar surface area (TPSA) is 78.5 Å². The van der Waals surface area contributed by atoms with E-state index in [4.69, 9.17) is 0 Å². The van der Waals surface area contributed by atoms with Crippen LogP contribution in [0.2, 0.25) is 0 Å². The molecule has 1 aliphatic carbocycles. The summed E-state index contributed by atoms with van der Waals surface area (Å²) in [5, 5.41) is 5.75. The lowest BCUT2D eigenvalue weighted by Crippen LogP contribution is -2.48. The number of rotatable bonds is 7. The fourth-order valence-corrected chi connectivity index (χ4v) is 4.39. The number of nitrogens with zero attached hydrogens (tertiary/aromatic N) is 1. The molecule has 1 spiro atoms. The van der Waals surface area contributed by atoms with E-state index >= 15 is 0 Å². The molecule has 0 atom stereocenters. The summed E-state index contributed by atoms with van der Waals surface area (Å²) in [6.07, 6.45) is 6.25. The normalized spacial score (nSPS) is 18.4. The number of carbonyl (C=O) groups is 3. The first-order chi connectivity index (χ1) is 13.1. The Labute approximate surface area is 163 Å². The highest BCUT2D eigenvalue weighted by molar-refractivity contribution is 7.99. The van der Waals surface area contributed by atoms with Gasteiger partial charge < -0.3 is 10.6 Å². The van der Waals surface area contributed by atoms with Gasteiger partial charge in [0.25, 0.3) is 5.91 Å². The summed E-state index contributed by atoms with van der Waals surface area (Å²) in [4.78, 5) is 39.5. The summed E-state index contributed by atoms with van der Waals surface area (Å²) in [7, 11) is 0. The van der Waals surface area contributed by atoms with Crippen molar-refractivity contribution in [3.05, 3.63) is 36.9 Å². The van der Waals surface area contributed by atoms with Crippen LogP contribution in [0, 0.1) is 0 Å². The number of amides is 4. The molecule has 7 heteroatoms. The zero-order valence-corrected chi connectivity index (χ0v) is 16.1. The van der Waals surface area contributed by atoms with Crippen molar-refractivity contribution in [3.63, 3.8) is 0 Å². The first kappa shape index (κ1) is 19.5. The molecule has 6 nitrogen and oxygen atoms in total. The largest absolute Gasteiger partial charge is 0.325 e. The number of imide groups is 1. The van der Waals surface area contributed by atoms with Gasteiger partial charge in [0.2, 0.25) is 5.91 Å². The molecule has 1 aromatic rings. The van der Waals surface area contributed by atoms with Crippen molar-refractivity contribution < 1.29 is 14.4 Å². The van der Waals surface area contributed by atoms with E-state index in [1.807, 2.05) is 30.3 Å². The highest BCUT2D eigenvalue weighted by Gasteiger charge is 2.51. The van der Waals surface area contributed by atoms with Crippen LogP contribution in [-0.2, 0) is 9.59 Å². The SMILES string of the molecule is C=CCSc1ccccc1NC(=O)CCN1C(=O)NC2(CCCCC2)C1=O. The molecular weight excluding hydrogens is 362 g/mol. The maximum atomic E-state index is 12.7. The average molecular weight is 388 g/mol. The van der Waals surface area contributed by atoms with Gasteiger partial charge >= 0.3 is 6.03 Å². The van der Waals surface area contributed by atoms with E-state index in [0.717, 1.165) is 35.6 Å². The Hall–Kier alpha value is -2.28. The molecule has 144 valence electrons. The molecule has 1 aliphatic heterocycles. The molecule has 0 bridgehead atoms. The fraction of sp³-hybridized carbons (Fsp3) is 0.450. The predicted octanol–water partition coefficient (Wildman–Crippen LogP) is 3.55. The van der Waals surface area contributed by atoms with Gasteiger partial charge in [0.1, 0.15) is 5.54 Å². The molecule has 1 aromatic carbocycles. The van der Waals surface area contributed by atoms with Crippen LogP contribution in [0.15, 0.2) is 41.8 Å². The summed E-state index contributed by atoms with van der Waals surface area (Å²) >= 11 is 1.59. The van der Waals surface area contributed by atoms with Crippen molar-refractivity contribution in [2.24, 2.45) is 0 Å². The van der Waals surface area contributed by atoms with E-state index in [1.165, 1.54) is 4.90 Å². The third kappa shape index (κ3) is 4.35. The van der Waals surface area contributed by atoms with Crippen LogP contribution in [0.4, 0.5) is 10.5 Å². The van der Waals surface area contributed by atoms with Gasteiger partial charge in [-0.05, 0) is 25.0 Å². The molecule has 1 heterocycles. The Morgan fingerprint density at radius 3 is 2.74 bits per heavy atom. The number of hydrogen-bond donors (Lipinski definition) is 2. The molecule has 0 unspecified atom stereocenters. The number of urea groups is 1. The van der Waals surface area contributed by atoms with Gasteiger partial charge in [-0.3, -0.25) is 14.5 Å². The number of hydrogen-bond acceptors (Lipinski definition) is 4. The lowest BCUT2D eigenvalue weighted by molar-refractivity contribution is -0.132. The van der Waals surface area contributed by atoms with Gasteiger partial charge in [-0.15, -0.1) is 18.3 Å². The van der Waals surface area contributed by atoms with Crippen LogP contribution in [0.1, 0.15) is 38.5 Å². The van der Waals surface area contributed by atoms with E-state index in [9.17, 15) is 14.4 Å². The minimum absolute atomic E-state index is 0.0791. The van der Waals surface area contributed by atoms with Gasteiger partial charge in [0.05, 0.1) is 5.69 Å². The molecule has 2 N–H and O–H groups in total. The first-order valence-corrected chi connectivity index (χ1v) is 10.3. The zero-order valence-electron chi connectivity index (χ0n) is 15.3. The van der Waals surface area contributed by atoms with Crippen molar-refractivity contribution in [2.45, 2.75) is 49.0 Å². The summed E-state index contributed by atoms with van der Waals surface area (Å²) < 4.78 is 0. The van der Waals surface area contributed by atoms with Crippen LogP contribution in [0.25, 0.3) is 0 Å². The van der Waals surface area contributed by atoms with Crippen LogP contribution in [0.5, 0.6) is 0 Å². The summed E-state index contributed by atoms with van der Waals surface area (Å²) in [6, 6.07) is 7.18. The molecule has 27 heavy (non-hydrogen) atoms. The monoisotopic (exact) mass is 387 g/mol. The van der Waals surface area contributed by atoms with Crippen LogP contribution in [0.3, 0.4) is 0 Å². The maximum Gasteiger partial charge on any atom is 0.325 e. The second kappa shape index (κ2) is 8.61. The smallest absolute Gasteiger partial charge is 0.325 e. The van der Waals surface area contributed by atoms with Crippen LogP contribution >= 0.6 is 11.8 Å². The van der Waals surface area contributed by atoms with Crippen LogP contribution < -0.4 is 10.6 Å². The summed E-state index contributed by atoms with van der Waals surface area (Å²) in [5.74, 6) is 0.353. The van der Waals surface area contributed by atoms with Crippen molar-refractivity contribution in [1.29, 1.82) is 0 Å². The van der Waals surface area contributed by atoms with Gasteiger partial charge in [-0.1, -0.05) is 37.5 Å². The molecule has 4 amide bonds. The molecule has 2 aliphatic rings. The summed E-state index contributed by atoms with van der Waals surface area (Å²) in [5.41, 5.74) is -0.00461. The Morgan fingerprint density at radius 2 is 2.00 bits per heavy atom. The highest BCUT2D eigenvalue weighted by atomic mass is 32.2. The Bertz CT molecular complexity index is 744.